The van der Waals surface area contributed by atoms with Crippen molar-refractivity contribution in [3.05, 3.63) is 81.2 Å². The zero-order chi connectivity index (χ0) is 24.1. The average Bonchev–Trinajstić information content (AvgIpc) is 3.30. The molecule has 2 unspecified atom stereocenters. The van der Waals surface area contributed by atoms with Gasteiger partial charge in [0.15, 0.2) is 0 Å². The van der Waals surface area contributed by atoms with Crippen LogP contribution in [0.4, 0.5) is 4.79 Å². The predicted molar refractivity (Wildman–Crippen MR) is 127 cm³/mol. The molecule has 178 valence electrons. The molecule has 4 rings (SSSR count). The van der Waals surface area contributed by atoms with E-state index >= 15 is 0 Å². The SMILES string of the molecule is CCC(C)C(NC(=O)OCc1ccccc1)C(=O)OCc1cc(=O)oc2cc3c(cc12)CCC3. The number of hydrogen-bond acceptors (Lipinski definition) is 6. The molecule has 0 bridgehead atoms. The molecule has 7 heteroatoms. The third-order valence-corrected chi connectivity index (χ3v) is 6.37. The summed E-state index contributed by atoms with van der Waals surface area (Å²) in [7, 11) is 0. The van der Waals surface area contributed by atoms with Gasteiger partial charge in [0, 0.05) is 17.0 Å². The zero-order valence-corrected chi connectivity index (χ0v) is 19.5. The summed E-state index contributed by atoms with van der Waals surface area (Å²) in [6, 6.07) is 13.7. The van der Waals surface area contributed by atoms with E-state index in [0.29, 0.717) is 17.6 Å². The van der Waals surface area contributed by atoms with Crippen molar-refractivity contribution in [1.29, 1.82) is 0 Å². The summed E-state index contributed by atoms with van der Waals surface area (Å²) in [5, 5.41) is 3.41. The first-order valence-corrected chi connectivity index (χ1v) is 11.7. The Morgan fingerprint density at radius 2 is 1.76 bits per heavy atom. The summed E-state index contributed by atoms with van der Waals surface area (Å²) in [6.07, 6.45) is 2.99. The molecule has 0 fully saturated rings. The number of aryl methyl sites for hydroxylation is 2. The van der Waals surface area contributed by atoms with Gasteiger partial charge in [0.25, 0.3) is 0 Å². The number of ether oxygens (including phenoxy) is 2. The molecule has 2 aromatic carbocycles. The maximum atomic E-state index is 12.9. The minimum absolute atomic E-state index is 0.0899. The monoisotopic (exact) mass is 463 g/mol. The van der Waals surface area contributed by atoms with Gasteiger partial charge in [-0.05, 0) is 54.0 Å². The van der Waals surface area contributed by atoms with E-state index in [-0.39, 0.29) is 19.1 Å². The molecule has 3 aromatic rings. The van der Waals surface area contributed by atoms with Gasteiger partial charge in [-0.3, -0.25) is 0 Å². The van der Waals surface area contributed by atoms with Crippen LogP contribution in [0.1, 0.15) is 48.9 Å². The van der Waals surface area contributed by atoms with Crippen molar-refractivity contribution in [2.45, 2.75) is 58.8 Å². The van der Waals surface area contributed by atoms with Crippen molar-refractivity contribution < 1.29 is 23.5 Å². The molecule has 0 spiro atoms. The van der Waals surface area contributed by atoms with Crippen LogP contribution in [0.25, 0.3) is 11.0 Å². The van der Waals surface area contributed by atoms with Crippen LogP contribution in [0, 0.1) is 5.92 Å². The largest absolute Gasteiger partial charge is 0.459 e. The number of esters is 1. The molecule has 1 amide bonds. The summed E-state index contributed by atoms with van der Waals surface area (Å²) >= 11 is 0. The zero-order valence-electron chi connectivity index (χ0n) is 19.5. The van der Waals surface area contributed by atoms with Gasteiger partial charge in [0.1, 0.15) is 24.8 Å². The lowest BCUT2D eigenvalue weighted by Crippen LogP contribution is -2.46. The lowest BCUT2D eigenvalue weighted by atomic mass is 9.99. The molecule has 34 heavy (non-hydrogen) atoms. The molecule has 0 radical (unpaired) electrons. The van der Waals surface area contributed by atoms with Crippen molar-refractivity contribution >= 4 is 23.0 Å². The van der Waals surface area contributed by atoms with Crippen LogP contribution in [-0.4, -0.2) is 18.1 Å². The highest BCUT2D eigenvalue weighted by Gasteiger charge is 2.28. The average molecular weight is 464 g/mol. The number of amides is 1. The van der Waals surface area contributed by atoms with E-state index < -0.39 is 23.7 Å². The second-order valence-electron chi connectivity index (χ2n) is 8.74. The highest BCUT2D eigenvalue weighted by molar-refractivity contribution is 5.84. The number of carbonyl (C=O) groups excluding carboxylic acids is 2. The minimum atomic E-state index is -0.871. The molecular weight excluding hydrogens is 434 g/mol. The van der Waals surface area contributed by atoms with E-state index in [1.807, 2.05) is 56.3 Å². The number of benzene rings is 2. The fourth-order valence-electron chi connectivity index (χ4n) is 4.21. The number of nitrogens with one attached hydrogen (secondary N) is 1. The van der Waals surface area contributed by atoms with Crippen LogP contribution in [0.5, 0.6) is 0 Å². The summed E-state index contributed by atoms with van der Waals surface area (Å²) in [5.74, 6) is -0.744. The maximum absolute atomic E-state index is 12.9. The van der Waals surface area contributed by atoms with E-state index in [1.165, 1.54) is 17.2 Å². The topological polar surface area (TPSA) is 94.8 Å². The van der Waals surface area contributed by atoms with Crippen molar-refractivity contribution in [3.63, 3.8) is 0 Å². The Bertz CT molecular complexity index is 1230. The van der Waals surface area contributed by atoms with Gasteiger partial charge in [0.05, 0.1) is 0 Å². The van der Waals surface area contributed by atoms with Gasteiger partial charge >= 0.3 is 17.7 Å². The fourth-order valence-corrected chi connectivity index (χ4v) is 4.21. The Kier molecular flexibility index (Phi) is 7.30. The maximum Gasteiger partial charge on any atom is 0.408 e. The van der Waals surface area contributed by atoms with Gasteiger partial charge in [-0.1, -0.05) is 50.6 Å². The number of carbonyl (C=O) groups is 2. The normalized spacial score (nSPS) is 14.3. The number of rotatable bonds is 8. The summed E-state index contributed by atoms with van der Waals surface area (Å²) in [5.41, 5.74) is 3.87. The Morgan fingerprint density at radius 1 is 1.03 bits per heavy atom. The van der Waals surface area contributed by atoms with Crippen molar-refractivity contribution in [3.8, 4) is 0 Å². The number of fused-ring (bicyclic) bond motifs is 2. The molecule has 1 heterocycles. The Balaban J connectivity index is 1.44. The van der Waals surface area contributed by atoms with Crippen LogP contribution in [-0.2, 0) is 40.3 Å². The summed E-state index contributed by atoms with van der Waals surface area (Å²) in [6.45, 7) is 3.80. The van der Waals surface area contributed by atoms with Crippen LogP contribution in [0.2, 0.25) is 0 Å². The Morgan fingerprint density at radius 3 is 2.50 bits per heavy atom. The fraction of sp³-hybridized carbons (Fsp3) is 0.370. The first-order chi connectivity index (χ1) is 16.4. The highest BCUT2D eigenvalue weighted by Crippen LogP contribution is 2.29. The number of hydrogen-bond donors (Lipinski definition) is 1. The Labute approximate surface area is 198 Å². The summed E-state index contributed by atoms with van der Waals surface area (Å²) in [4.78, 5) is 37.4. The van der Waals surface area contributed by atoms with E-state index in [0.717, 1.165) is 30.2 Å². The van der Waals surface area contributed by atoms with Crippen molar-refractivity contribution in [2.24, 2.45) is 5.92 Å². The standard InChI is InChI=1S/C27H29NO6/c1-3-17(2)25(28-27(31)33-15-18-8-5-4-6-9-18)26(30)32-16-21-14-24(29)34-23-13-20-11-7-10-19(20)12-22(21)23/h4-6,8-9,12-14,17,25H,3,7,10-11,15-16H2,1-2H3,(H,28,31). The van der Waals surface area contributed by atoms with E-state index in [1.54, 1.807) is 0 Å². The smallest absolute Gasteiger partial charge is 0.408 e. The molecule has 0 saturated carbocycles. The van der Waals surface area contributed by atoms with Gasteiger partial charge in [-0.25, -0.2) is 14.4 Å². The second kappa shape index (κ2) is 10.5. The first kappa shape index (κ1) is 23.5. The van der Waals surface area contributed by atoms with E-state index in [2.05, 4.69) is 5.32 Å². The third kappa shape index (κ3) is 5.47. The molecule has 1 aliphatic carbocycles. The van der Waals surface area contributed by atoms with E-state index in [9.17, 15) is 14.4 Å². The van der Waals surface area contributed by atoms with Crippen LogP contribution >= 0.6 is 0 Å². The highest BCUT2D eigenvalue weighted by atomic mass is 16.6. The third-order valence-electron chi connectivity index (χ3n) is 6.37. The second-order valence-corrected chi connectivity index (χ2v) is 8.74. The molecular formula is C27H29NO6. The molecule has 2 atom stereocenters. The lowest BCUT2D eigenvalue weighted by molar-refractivity contribution is -0.148. The van der Waals surface area contributed by atoms with Crippen LogP contribution < -0.4 is 10.9 Å². The van der Waals surface area contributed by atoms with Crippen molar-refractivity contribution in [2.75, 3.05) is 0 Å². The first-order valence-electron chi connectivity index (χ1n) is 11.7. The van der Waals surface area contributed by atoms with Gasteiger partial charge in [-0.15, -0.1) is 0 Å². The van der Waals surface area contributed by atoms with Crippen LogP contribution in [0.3, 0.4) is 0 Å². The Hall–Kier alpha value is -3.61. The van der Waals surface area contributed by atoms with Gasteiger partial charge < -0.3 is 19.2 Å². The predicted octanol–water partition coefficient (Wildman–Crippen LogP) is 4.67. The molecule has 1 aromatic heterocycles. The van der Waals surface area contributed by atoms with Crippen LogP contribution in [0.15, 0.2) is 57.7 Å². The van der Waals surface area contributed by atoms with Gasteiger partial charge in [0.2, 0.25) is 0 Å². The number of alkyl carbamates (subject to hydrolysis) is 1. The van der Waals surface area contributed by atoms with Crippen molar-refractivity contribution in [1.82, 2.24) is 5.32 Å². The molecule has 1 aliphatic rings. The molecule has 7 nitrogen and oxygen atoms in total. The van der Waals surface area contributed by atoms with E-state index in [4.69, 9.17) is 13.9 Å². The lowest BCUT2D eigenvalue weighted by Gasteiger charge is -2.22. The molecule has 0 saturated heterocycles. The minimum Gasteiger partial charge on any atom is -0.459 e. The quantitative estimate of drug-likeness (QED) is 0.385. The molecule has 1 N–H and O–H groups in total. The molecule has 0 aliphatic heterocycles. The summed E-state index contributed by atoms with van der Waals surface area (Å²) < 4.78 is 16.2. The van der Waals surface area contributed by atoms with Gasteiger partial charge in [-0.2, -0.15) is 0 Å².